The van der Waals surface area contributed by atoms with Gasteiger partial charge in [-0.25, -0.2) is 0 Å². The van der Waals surface area contributed by atoms with Gasteiger partial charge in [-0.1, -0.05) is 44.6 Å². The van der Waals surface area contributed by atoms with E-state index in [0.717, 1.165) is 11.6 Å². The molecule has 0 aromatic carbocycles. The number of pyridine rings is 1. The summed E-state index contributed by atoms with van der Waals surface area (Å²) in [6, 6.07) is 4.81. The smallest absolute Gasteiger partial charge is 0.0372 e. The van der Waals surface area contributed by atoms with E-state index < -0.39 is 0 Å². The van der Waals surface area contributed by atoms with Crippen molar-refractivity contribution in [1.29, 1.82) is 0 Å². The quantitative estimate of drug-likeness (QED) is 0.812. The Morgan fingerprint density at radius 1 is 1.22 bits per heavy atom. The maximum Gasteiger partial charge on any atom is 0.0372 e. The number of nitrogens with zero attached hydrogens (tertiary/aromatic N) is 1. The lowest BCUT2D eigenvalue weighted by molar-refractivity contribution is 0.367. The molecule has 2 nitrogen and oxygen atoms in total. The Balaban J connectivity index is 1.97. The lowest BCUT2D eigenvalue weighted by Gasteiger charge is -2.22. The SMILES string of the molecule is CNC(CC1CCCCCC1)c1ccc(C)nc1. The summed E-state index contributed by atoms with van der Waals surface area (Å²) in [4.78, 5) is 4.42. The van der Waals surface area contributed by atoms with E-state index in [2.05, 4.69) is 29.5 Å². The lowest BCUT2D eigenvalue weighted by atomic mass is 9.90. The molecule has 1 aliphatic carbocycles. The van der Waals surface area contributed by atoms with Gasteiger partial charge in [0, 0.05) is 17.9 Å². The number of aromatic nitrogens is 1. The van der Waals surface area contributed by atoms with Crippen LogP contribution in [0.2, 0.25) is 0 Å². The molecule has 1 fully saturated rings. The zero-order chi connectivity index (χ0) is 12.8. The van der Waals surface area contributed by atoms with Crippen molar-refractivity contribution in [2.75, 3.05) is 7.05 Å². The zero-order valence-electron chi connectivity index (χ0n) is 11.8. The van der Waals surface area contributed by atoms with Crippen LogP contribution in [-0.4, -0.2) is 12.0 Å². The fourth-order valence-corrected chi connectivity index (χ4v) is 3.04. The Bertz CT molecular complexity index is 337. The molecule has 1 N–H and O–H groups in total. The minimum Gasteiger partial charge on any atom is -0.313 e. The van der Waals surface area contributed by atoms with Gasteiger partial charge in [0.25, 0.3) is 0 Å². The van der Waals surface area contributed by atoms with Crippen molar-refractivity contribution in [1.82, 2.24) is 10.3 Å². The standard InChI is InChI=1S/C16H26N2/c1-13-9-10-15(12-18-13)16(17-2)11-14-7-5-3-4-6-8-14/h9-10,12,14,16-17H,3-8,11H2,1-2H3. The highest BCUT2D eigenvalue weighted by Crippen LogP contribution is 2.30. The van der Waals surface area contributed by atoms with E-state index in [9.17, 15) is 0 Å². The predicted molar refractivity (Wildman–Crippen MR) is 76.6 cm³/mol. The van der Waals surface area contributed by atoms with Crippen molar-refractivity contribution in [3.8, 4) is 0 Å². The topological polar surface area (TPSA) is 24.9 Å². The van der Waals surface area contributed by atoms with Gasteiger partial charge < -0.3 is 5.32 Å². The maximum atomic E-state index is 4.42. The van der Waals surface area contributed by atoms with Crippen LogP contribution in [0.4, 0.5) is 0 Å². The first kappa shape index (κ1) is 13.5. The van der Waals surface area contributed by atoms with E-state index in [0.29, 0.717) is 6.04 Å². The summed E-state index contributed by atoms with van der Waals surface area (Å²) in [5, 5.41) is 3.47. The summed E-state index contributed by atoms with van der Waals surface area (Å²) >= 11 is 0. The van der Waals surface area contributed by atoms with E-state index in [4.69, 9.17) is 0 Å². The molecule has 1 aromatic heterocycles. The molecular formula is C16H26N2. The fourth-order valence-electron chi connectivity index (χ4n) is 3.04. The summed E-state index contributed by atoms with van der Waals surface area (Å²) in [6.45, 7) is 2.05. The van der Waals surface area contributed by atoms with Crippen LogP contribution < -0.4 is 5.32 Å². The number of aryl methyl sites for hydroxylation is 1. The van der Waals surface area contributed by atoms with Gasteiger partial charge in [0.2, 0.25) is 0 Å². The molecule has 0 saturated heterocycles. The first-order valence-corrected chi connectivity index (χ1v) is 7.39. The lowest BCUT2D eigenvalue weighted by Crippen LogP contribution is -2.20. The number of nitrogens with one attached hydrogen (secondary N) is 1. The highest BCUT2D eigenvalue weighted by Gasteiger charge is 2.18. The van der Waals surface area contributed by atoms with Crippen LogP contribution in [0.5, 0.6) is 0 Å². The second-order valence-corrected chi connectivity index (χ2v) is 5.67. The van der Waals surface area contributed by atoms with Gasteiger partial charge in [-0.05, 0) is 37.9 Å². The third kappa shape index (κ3) is 3.81. The first-order valence-electron chi connectivity index (χ1n) is 7.39. The molecule has 2 heteroatoms. The largest absolute Gasteiger partial charge is 0.313 e. The Morgan fingerprint density at radius 3 is 2.50 bits per heavy atom. The van der Waals surface area contributed by atoms with E-state index in [-0.39, 0.29) is 0 Å². The molecule has 100 valence electrons. The number of hydrogen-bond donors (Lipinski definition) is 1. The minimum atomic E-state index is 0.473. The fraction of sp³-hybridized carbons (Fsp3) is 0.688. The second-order valence-electron chi connectivity index (χ2n) is 5.67. The number of hydrogen-bond acceptors (Lipinski definition) is 2. The third-order valence-corrected chi connectivity index (χ3v) is 4.23. The zero-order valence-corrected chi connectivity index (χ0v) is 11.8. The van der Waals surface area contributed by atoms with E-state index in [1.165, 1.54) is 50.5 Å². The third-order valence-electron chi connectivity index (χ3n) is 4.23. The summed E-state index contributed by atoms with van der Waals surface area (Å²) in [5.74, 6) is 0.895. The van der Waals surface area contributed by atoms with E-state index in [1.807, 2.05) is 13.1 Å². The van der Waals surface area contributed by atoms with Gasteiger partial charge in [0.05, 0.1) is 0 Å². The van der Waals surface area contributed by atoms with E-state index >= 15 is 0 Å². The molecule has 18 heavy (non-hydrogen) atoms. The Morgan fingerprint density at radius 2 is 1.94 bits per heavy atom. The van der Waals surface area contributed by atoms with Crippen molar-refractivity contribution in [3.63, 3.8) is 0 Å². The monoisotopic (exact) mass is 246 g/mol. The van der Waals surface area contributed by atoms with Gasteiger partial charge in [-0.2, -0.15) is 0 Å². The maximum absolute atomic E-state index is 4.42. The van der Waals surface area contributed by atoms with Crippen molar-refractivity contribution in [2.45, 2.75) is 57.9 Å². The van der Waals surface area contributed by atoms with Crippen LogP contribution in [0.1, 0.15) is 62.2 Å². The summed E-state index contributed by atoms with van der Waals surface area (Å²) in [5.41, 5.74) is 2.44. The molecule has 1 aliphatic rings. The first-order chi connectivity index (χ1) is 8.79. The van der Waals surface area contributed by atoms with Crippen molar-refractivity contribution in [2.24, 2.45) is 5.92 Å². The van der Waals surface area contributed by atoms with Crippen LogP contribution in [0.3, 0.4) is 0 Å². The van der Waals surface area contributed by atoms with Gasteiger partial charge in [-0.15, -0.1) is 0 Å². The van der Waals surface area contributed by atoms with Crippen LogP contribution in [0.25, 0.3) is 0 Å². The molecule has 1 atom stereocenters. The molecule has 0 radical (unpaired) electrons. The molecule has 0 amide bonds. The van der Waals surface area contributed by atoms with Gasteiger partial charge in [0.1, 0.15) is 0 Å². The van der Waals surface area contributed by atoms with Gasteiger partial charge in [-0.3, -0.25) is 4.98 Å². The molecule has 1 aromatic rings. The highest BCUT2D eigenvalue weighted by molar-refractivity contribution is 5.17. The highest BCUT2D eigenvalue weighted by atomic mass is 14.9. The Hall–Kier alpha value is -0.890. The summed E-state index contributed by atoms with van der Waals surface area (Å²) < 4.78 is 0. The Kier molecular flexibility index (Phi) is 5.18. The molecule has 1 saturated carbocycles. The summed E-state index contributed by atoms with van der Waals surface area (Å²) in [6.07, 6.45) is 11.9. The minimum absolute atomic E-state index is 0.473. The normalized spacial score (nSPS) is 19.4. The van der Waals surface area contributed by atoms with Crippen LogP contribution in [0, 0.1) is 12.8 Å². The number of rotatable bonds is 4. The second kappa shape index (κ2) is 6.89. The van der Waals surface area contributed by atoms with Crippen LogP contribution in [0.15, 0.2) is 18.3 Å². The average molecular weight is 246 g/mol. The van der Waals surface area contributed by atoms with Gasteiger partial charge in [0.15, 0.2) is 0 Å². The molecular weight excluding hydrogens is 220 g/mol. The van der Waals surface area contributed by atoms with E-state index in [1.54, 1.807) is 0 Å². The van der Waals surface area contributed by atoms with Crippen molar-refractivity contribution < 1.29 is 0 Å². The van der Waals surface area contributed by atoms with Crippen molar-refractivity contribution >= 4 is 0 Å². The average Bonchev–Trinajstić information content (AvgIpc) is 2.66. The van der Waals surface area contributed by atoms with Crippen LogP contribution in [-0.2, 0) is 0 Å². The molecule has 1 heterocycles. The molecule has 1 unspecified atom stereocenters. The molecule has 0 bridgehead atoms. The van der Waals surface area contributed by atoms with Crippen molar-refractivity contribution in [3.05, 3.63) is 29.6 Å². The molecule has 0 spiro atoms. The van der Waals surface area contributed by atoms with Crippen LogP contribution >= 0.6 is 0 Å². The molecule has 2 rings (SSSR count). The van der Waals surface area contributed by atoms with Gasteiger partial charge >= 0.3 is 0 Å². The predicted octanol–water partition coefficient (Wildman–Crippen LogP) is 4.01. The Labute approximate surface area is 111 Å². The summed E-state index contributed by atoms with van der Waals surface area (Å²) in [7, 11) is 2.07. The molecule has 0 aliphatic heterocycles.